The predicted octanol–water partition coefficient (Wildman–Crippen LogP) is 2.47. The van der Waals surface area contributed by atoms with Gasteiger partial charge in [-0.15, -0.1) is 11.3 Å². The number of rotatable bonds is 5. The molecule has 1 aromatic rings. The number of hydrogen-bond acceptors (Lipinski definition) is 4. The number of amides is 3. The molecule has 22 heavy (non-hydrogen) atoms. The van der Waals surface area contributed by atoms with E-state index in [1.807, 2.05) is 13.1 Å². The van der Waals surface area contributed by atoms with Gasteiger partial charge in [-0.3, -0.25) is 10.1 Å². The Morgan fingerprint density at radius 3 is 2.95 bits per heavy atom. The van der Waals surface area contributed by atoms with Crippen LogP contribution in [0.5, 0.6) is 0 Å². The van der Waals surface area contributed by atoms with Crippen LogP contribution in [0.25, 0.3) is 0 Å². The van der Waals surface area contributed by atoms with Gasteiger partial charge in [-0.05, 0) is 18.8 Å². The van der Waals surface area contributed by atoms with Crippen LogP contribution in [0, 0.1) is 5.92 Å². The number of anilines is 1. The lowest BCUT2D eigenvalue weighted by Gasteiger charge is -2.16. The molecule has 2 N–H and O–H groups in total. The quantitative estimate of drug-likeness (QED) is 0.874. The minimum absolute atomic E-state index is 0.0191. The summed E-state index contributed by atoms with van der Waals surface area (Å²) in [6.45, 7) is 7.48. The average molecular weight is 324 g/mol. The highest BCUT2D eigenvalue weighted by Crippen LogP contribution is 2.21. The maximum absolute atomic E-state index is 12.0. The number of urea groups is 1. The van der Waals surface area contributed by atoms with Crippen molar-refractivity contribution in [2.45, 2.75) is 46.1 Å². The van der Waals surface area contributed by atoms with Crippen molar-refractivity contribution in [3.63, 3.8) is 0 Å². The molecule has 1 aromatic heterocycles. The summed E-state index contributed by atoms with van der Waals surface area (Å²) in [4.78, 5) is 30.8. The zero-order valence-electron chi connectivity index (χ0n) is 13.4. The minimum Gasteiger partial charge on any atom is -0.341 e. The number of carbonyl (C=O) groups excluding carboxylic acids is 2. The molecule has 0 unspecified atom stereocenters. The van der Waals surface area contributed by atoms with Gasteiger partial charge in [0.15, 0.2) is 5.13 Å². The van der Waals surface area contributed by atoms with Gasteiger partial charge in [-0.25, -0.2) is 9.78 Å². The molecule has 0 saturated carbocycles. The Morgan fingerprint density at radius 2 is 2.27 bits per heavy atom. The number of nitrogens with zero attached hydrogens (tertiary/aromatic N) is 2. The average Bonchev–Trinajstić information content (AvgIpc) is 3.07. The molecule has 0 aliphatic carbocycles. The van der Waals surface area contributed by atoms with Crippen molar-refractivity contribution < 1.29 is 9.59 Å². The van der Waals surface area contributed by atoms with Gasteiger partial charge in [-0.2, -0.15) is 0 Å². The van der Waals surface area contributed by atoms with Gasteiger partial charge in [0.2, 0.25) is 5.91 Å². The van der Waals surface area contributed by atoms with E-state index in [0.717, 1.165) is 12.8 Å². The lowest BCUT2D eigenvalue weighted by atomic mass is 10.1. The fourth-order valence-electron chi connectivity index (χ4n) is 2.51. The Morgan fingerprint density at radius 1 is 1.50 bits per heavy atom. The Labute approximate surface area is 135 Å². The maximum Gasteiger partial charge on any atom is 0.321 e. The smallest absolute Gasteiger partial charge is 0.321 e. The predicted molar refractivity (Wildman–Crippen MR) is 88.1 cm³/mol. The van der Waals surface area contributed by atoms with E-state index in [1.54, 1.807) is 4.90 Å². The van der Waals surface area contributed by atoms with Crippen LogP contribution in [0.2, 0.25) is 0 Å². The first-order valence-corrected chi connectivity index (χ1v) is 8.59. The number of thiazole rings is 1. The van der Waals surface area contributed by atoms with Crippen molar-refractivity contribution in [2.75, 3.05) is 18.4 Å². The molecule has 6 nitrogen and oxygen atoms in total. The lowest BCUT2D eigenvalue weighted by molar-refractivity contribution is -0.129. The second-order valence-corrected chi connectivity index (χ2v) is 7.12. The molecule has 0 aromatic carbocycles. The monoisotopic (exact) mass is 324 g/mol. The summed E-state index contributed by atoms with van der Waals surface area (Å²) in [7, 11) is 0. The molecule has 2 rings (SSSR count). The van der Waals surface area contributed by atoms with Gasteiger partial charge in [-0.1, -0.05) is 20.8 Å². The van der Waals surface area contributed by atoms with Gasteiger partial charge in [0.25, 0.3) is 0 Å². The number of aromatic nitrogens is 1. The lowest BCUT2D eigenvalue weighted by Crippen LogP contribution is -2.40. The molecule has 1 aliphatic rings. The highest BCUT2D eigenvalue weighted by Gasteiger charge is 2.26. The molecule has 0 radical (unpaired) electrons. The van der Waals surface area contributed by atoms with Crippen LogP contribution in [0.15, 0.2) is 6.20 Å². The molecular formula is C15H24N4O2S. The highest BCUT2D eigenvalue weighted by molar-refractivity contribution is 7.15. The molecule has 1 fully saturated rings. The Balaban J connectivity index is 1.79. The first kappa shape index (κ1) is 16.7. The Hall–Kier alpha value is -1.63. The van der Waals surface area contributed by atoms with E-state index in [2.05, 4.69) is 29.5 Å². The summed E-state index contributed by atoms with van der Waals surface area (Å²) in [5.74, 6) is 0.714. The van der Waals surface area contributed by atoms with E-state index in [-0.39, 0.29) is 18.0 Å². The van der Waals surface area contributed by atoms with Gasteiger partial charge in [0, 0.05) is 36.6 Å². The second-order valence-electron chi connectivity index (χ2n) is 6.01. The van der Waals surface area contributed by atoms with E-state index in [1.165, 1.54) is 16.2 Å². The topological polar surface area (TPSA) is 74.3 Å². The van der Waals surface area contributed by atoms with Crippen molar-refractivity contribution in [3.8, 4) is 0 Å². The molecule has 7 heteroatoms. The van der Waals surface area contributed by atoms with Crippen LogP contribution in [-0.4, -0.2) is 41.0 Å². The zero-order chi connectivity index (χ0) is 16.1. The Bertz CT molecular complexity index is 529. The standard InChI is InChI=1S/C15H24N4O2S/c1-4-13(20)19-6-5-11(9-19)17-14(21)18-15-16-8-12(22-15)7-10(2)3/h8,10-11H,4-7,9H2,1-3H3,(H2,16,17,18,21)/t11-/m0/s1. The molecule has 0 spiro atoms. The molecule has 1 saturated heterocycles. The maximum atomic E-state index is 12.0. The zero-order valence-corrected chi connectivity index (χ0v) is 14.2. The van der Waals surface area contributed by atoms with Gasteiger partial charge in [0.05, 0.1) is 0 Å². The SMILES string of the molecule is CCC(=O)N1CC[C@H](NC(=O)Nc2ncc(CC(C)C)s2)C1. The normalized spacial score (nSPS) is 17.8. The van der Waals surface area contributed by atoms with Crippen molar-refractivity contribution in [2.24, 2.45) is 5.92 Å². The summed E-state index contributed by atoms with van der Waals surface area (Å²) < 4.78 is 0. The van der Waals surface area contributed by atoms with Gasteiger partial charge < -0.3 is 10.2 Å². The molecule has 1 atom stereocenters. The first-order valence-electron chi connectivity index (χ1n) is 7.78. The van der Waals surface area contributed by atoms with E-state index < -0.39 is 0 Å². The molecule has 122 valence electrons. The molecular weight excluding hydrogens is 300 g/mol. The minimum atomic E-state index is -0.249. The fraction of sp³-hybridized carbons (Fsp3) is 0.667. The van der Waals surface area contributed by atoms with Crippen LogP contribution in [0.4, 0.5) is 9.93 Å². The first-order chi connectivity index (χ1) is 10.5. The third kappa shape index (κ3) is 4.69. The molecule has 3 amide bonds. The van der Waals surface area contributed by atoms with Gasteiger partial charge in [0.1, 0.15) is 0 Å². The van der Waals surface area contributed by atoms with Crippen LogP contribution >= 0.6 is 11.3 Å². The molecule has 1 aliphatic heterocycles. The van der Waals surface area contributed by atoms with Crippen molar-refractivity contribution in [1.29, 1.82) is 0 Å². The van der Waals surface area contributed by atoms with Crippen molar-refractivity contribution >= 4 is 28.4 Å². The largest absolute Gasteiger partial charge is 0.341 e. The summed E-state index contributed by atoms with van der Waals surface area (Å²) >= 11 is 1.51. The Kier molecular flexibility index (Phi) is 5.76. The number of likely N-dealkylation sites (tertiary alicyclic amines) is 1. The number of hydrogen-bond donors (Lipinski definition) is 2. The summed E-state index contributed by atoms with van der Waals surface area (Å²) in [6.07, 6.45) is 4.10. The van der Waals surface area contributed by atoms with Crippen LogP contribution in [-0.2, 0) is 11.2 Å². The molecule has 2 heterocycles. The van der Waals surface area contributed by atoms with Crippen LogP contribution < -0.4 is 10.6 Å². The van der Waals surface area contributed by atoms with E-state index in [0.29, 0.717) is 30.6 Å². The summed E-state index contributed by atoms with van der Waals surface area (Å²) in [5, 5.41) is 6.30. The number of carbonyl (C=O) groups is 2. The summed E-state index contributed by atoms with van der Waals surface area (Å²) in [6, 6.07) is -0.230. The van der Waals surface area contributed by atoms with E-state index >= 15 is 0 Å². The van der Waals surface area contributed by atoms with Crippen LogP contribution in [0.1, 0.15) is 38.5 Å². The summed E-state index contributed by atoms with van der Waals surface area (Å²) in [5.41, 5.74) is 0. The molecule has 0 bridgehead atoms. The van der Waals surface area contributed by atoms with Gasteiger partial charge >= 0.3 is 6.03 Å². The van der Waals surface area contributed by atoms with E-state index in [4.69, 9.17) is 0 Å². The third-order valence-corrected chi connectivity index (χ3v) is 4.50. The van der Waals surface area contributed by atoms with Crippen LogP contribution in [0.3, 0.4) is 0 Å². The van der Waals surface area contributed by atoms with Crippen molar-refractivity contribution in [3.05, 3.63) is 11.1 Å². The van der Waals surface area contributed by atoms with Crippen molar-refractivity contribution in [1.82, 2.24) is 15.2 Å². The second kappa shape index (κ2) is 7.58. The van der Waals surface area contributed by atoms with E-state index in [9.17, 15) is 9.59 Å². The number of nitrogens with one attached hydrogen (secondary N) is 2. The highest BCUT2D eigenvalue weighted by atomic mass is 32.1. The third-order valence-electron chi connectivity index (χ3n) is 3.56. The fourth-order valence-corrected chi connectivity index (χ4v) is 3.53.